The van der Waals surface area contributed by atoms with Crippen molar-refractivity contribution < 1.29 is 34.6 Å². The molecule has 0 saturated carbocycles. The van der Waals surface area contributed by atoms with Crippen molar-refractivity contribution in [3.8, 4) is 5.75 Å². The molecule has 2 aliphatic rings. The van der Waals surface area contributed by atoms with Gasteiger partial charge in [0, 0.05) is 5.02 Å². The van der Waals surface area contributed by atoms with E-state index in [0.29, 0.717) is 22.8 Å². The predicted octanol–water partition coefficient (Wildman–Crippen LogP) is 0.924. The molecular formula is C20H21ClO7. The molecule has 4 N–H and O–H groups in total. The lowest BCUT2D eigenvalue weighted by molar-refractivity contribution is -0.389. The third-order valence-electron chi connectivity index (χ3n) is 5.18. The highest BCUT2D eigenvalue weighted by Gasteiger charge is 2.57. The lowest BCUT2D eigenvalue weighted by atomic mass is 9.86. The van der Waals surface area contributed by atoms with Gasteiger partial charge in [0.05, 0.1) is 12.2 Å². The summed E-state index contributed by atoms with van der Waals surface area (Å²) in [6.45, 7) is -0.752. The summed E-state index contributed by atoms with van der Waals surface area (Å²) in [6.07, 6.45) is -5.11. The first kappa shape index (κ1) is 19.6. The minimum Gasteiger partial charge on any atom is -0.467 e. The maximum absolute atomic E-state index is 10.7. The van der Waals surface area contributed by atoms with Crippen LogP contribution in [0.25, 0.3) is 0 Å². The molecule has 5 atom stereocenters. The number of aliphatic hydroxyl groups is 4. The van der Waals surface area contributed by atoms with Gasteiger partial charge in [0.25, 0.3) is 0 Å². The van der Waals surface area contributed by atoms with Crippen LogP contribution in [-0.2, 0) is 21.7 Å². The Bertz CT molecular complexity index is 841. The van der Waals surface area contributed by atoms with Crippen LogP contribution in [0.4, 0.5) is 0 Å². The molecule has 0 unspecified atom stereocenters. The molecule has 2 heterocycles. The Hall–Kier alpha value is -1.71. The SMILES string of the molecule is OC[C@H]1O[C@]2(OCOc3ccc(Cc4ccc(Cl)cc4)cc32)[C@H](O)[C@@H](O)[C@@H]1O. The fourth-order valence-corrected chi connectivity index (χ4v) is 3.79. The summed E-state index contributed by atoms with van der Waals surface area (Å²) in [5.41, 5.74) is 2.32. The minimum atomic E-state index is -1.75. The minimum absolute atomic E-state index is 0.207. The Morgan fingerprint density at radius 1 is 1.00 bits per heavy atom. The lowest BCUT2D eigenvalue weighted by Gasteiger charge is -2.49. The quantitative estimate of drug-likeness (QED) is 0.598. The summed E-state index contributed by atoms with van der Waals surface area (Å²) < 4.78 is 16.9. The molecule has 4 rings (SSSR count). The molecule has 0 aromatic heterocycles. The van der Waals surface area contributed by atoms with Gasteiger partial charge in [-0.1, -0.05) is 29.8 Å². The van der Waals surface area contributed by atoms with Gasteiger partial charge < -0.3 is 34.6 Å². The molecule has 1 fully saturated rings. The third-order valence-corrected chi connectivity index (χ3v) is 5.43. The molecule has 150 valence electrons. The second-order valence-electron chi connectivity index (χ2n) is 6.97. The summed E-state index contributed by atoms with van der Waals surface area (Å²) in [4.78, 5) is 0. The van der Waals surface area contributed by atoms with Crippen molar-refractivity contribution in [1.29, 1.82) is 0 Å². The van der Waals surface area contributed by atoms with E-state index >= 15 is 0 Å². The second-order valence-corrected chi connectivity index (χ2v) is 7.41. The van der Waals surface area contributed by atoms with Crippen molar-refractivity contribution >= 4 is 11.6 Å². The van der Waals surface area contributed by atoms with Crippen LogP contribution in [0.15, 0.2) is 42.5 Å². The van der Waals surface area contributed by atoms with Gasteiger partial charge in [0.15, 0.2) is 6.79 Å². The zero-order chi connectivity index (χ0) is 19.9. The van der Waals surface area contributed by atoms with Crippen LogP contribution in [0.2, 0.25) is 5.02 Å². The number of aliphatic hydroxyl groups excluding tert-OH is 4. The number of hydrogen-bond donors (Lipinski definition) is 4. The maximum Gasteiger partial charge on any atom is 0.231 e. The zero-order valence-electron chi connectivity index (χ0n) is 14.9. The van der Waals surface area contributed by atoms with Gasteiger partial charge in [-0.15, -0.1) is 0 Å². The molecule has 28 heavy (non-hydrogen) atoms. The van der Waals surface area contributed by atoms with Gasteiger partial charge in [0.2, 0.25) is 5.79 Å². The molecular weight excluding hydrogens is 388 g/mol. The maximum atomic E-state index is 10.7. The summed E-state index contributed by atoms with van der Waals surface area (Å²) in [5.74, 6) is -1.32. The Labute approximate surface area is 166 Å². The highest BCUT2D eigenvalue weighted by atomic mass is 35.5. The number of fused-ring (bicyclic) bond motifs is 2. The van der Waals surface area contributed by atoms with Crippen molar-refractivity contribution in [3.05, 3.63) is 64.2 Å². The standard InChI is InChI=1S/C20H21ClO7/c21-13-4-1-11(2-5-13)7-12-3-6-15-14(8-12)20(27-10-26-15)19(25)18(24)17(23)16(9-22)28-20/h1-6,8,16-19,22-25H,7,9-10H2/t16-,17-,18+,19-,20+/m1/s1. The normalized spacial score (nSPS) is 32.0. The van der Waals surface area contributed by atoms with E-state index in [1.165, 1.54) is 0 Å². The van der Waals surface area contributed by atoms with Crippen LogP contribution in [0.1, 0.15) is 16.7 Å². The van der Waals surface area contributed by atoms with E-state index in [2.05, 4.69) is 0 Å². The average Bonchev–Trinajstić information content (AvgIpc) is 2.71. The Morgan fingerprint density at radius 3 is 2.43 bits per heavy atom. The molecule has 1 saturated heterocycles. The third kappa shape index (κ3) is 3.29. The molecule has 0 bridgehead atoms. The van der Waals surface area contributed by atoms with Crippen LogP contribution >= 0.6 is 11.6 Å². The summed E-state index contributed by atoms with van der Waals surface area (Å²) >= 11 is 5.93. The number of halogens is 1. The number of rotatable bonds is 3. The van der Waals surface area contributed by atoms with Crippen LogP contribution < -0.4 is 4.74 Å². The molecule has 0 aliphatic carbocycles. The number of hydrogen-bond acceptors (Lipinski definition) is 7. The predicted molar refractivity (Wildman–Crippen MR) is 98.9 cm³/mol. The van der Waals surface area contributed by atoms with Crippen LogP contribution in [0, 0.1) is 0 Å². The monoisotopic (exact) mass is 408 g/mol. The second kappa shape index (κ2) is 7.61. The summed E-state index contributed by atoms with van der Waals surface area (Å²) in [7, 11) is 0. The summed E-state index contributed by atoms with van der Waals surface area (Å²) in [5, 5.41) is 41.2. The van der Waals surface area contributed by atoms with Gasteiger partial charge in [0.1, 0.15) is 30.2 Å². The van der Waals surface area contributed by atoms with Gasteiger partial charge in [-0.2, -0.15) is 0 Å². The first-order valence-electron chi connectivity index (χ1n) is 8.92. The van der Waals surface area contributed by atoms with E-state index < -0.39 is 36.8 Å². The Morgan fingerprint density at radius 2 is 1.71 bits per heavy atom. The van der Waals surface area contributed by atoms with E-state index in [1.54, 1.807) is 24.3 Å². The van der Waals surface area contributed by atoms with Crippen LogP contribution in [0.5, 0.6) is 5.75 Å². The lowest BCUT2D eigenvalue weighted by Crippen LogP contribution is -2.65. The highest BCUT2D eigenvalue weighted by Crippen LogP contribution is 2.46. The Balaban J connectivity index is 1.72. The summed E-state index contributed by atoms with van der Waals surface area (Å²) in [6, 6.07) is 12.8. The van der Waals surface area contributed by atoms with Crippen LogP contribution in [-0.4, -0.2) is 58.2 Å². The van der Waals surface area contributed by atoms with Gasteiger partial charge in [-0.05, 0) is 41.8 Å². The van der Waals surface area contributed by atoms with E-state index in [1.807, 2.05) is 18.2 Å². The van der Waals surface area contributed by atoms with Gasteiger partial charge in [-0.3, -0.25) is 0 Å². The molecule has 1 spiro atoms. The van der Waals surface area contributed by atoms with Crippen molar-refractivity contribution in [2.75, 3.05) is 13.4 Å². The molecule has 7 nitrogen and oxygen atoms in total. The van der Waals surface area contributed by atoms with Gasteiger partial charge in [-0.25, -0.2) is 0 Å². The van der Waals surface area contributed by atoms with Crippen molar-refractivity contribution in [1.82, 2.24) is 0 Å². The molecule has 0 amide bonds. The topological polar surface area (TPSA) is 109 Å². The molecule has 2 aromatic rings. The highest BCUT2D eigenvalue weighted by molar-refractivity contribution is 6.30. The van der Waals surface area contributed by atoms with Crippen LogP contribution in [0.3, 0.4) is 0 Å². The van der Waals surface area contributed by atoms with E-state index in [9.17, 15) is 20.4 Å². The van der Waals surface area contributed by atoms with E-state index in [-0.39, 0.29) is 6.79 Å². The fraction of sp³-hybridized carbons (Fsp3) is 0.400. The Kier molecular flexibility index (Phi) is 5.32. The average molecular weight is 409 g/mol. The largest absolute Gasteiger partial charge is 0.467 e. The number of benzene rings is 2. The first-order chi connectivity index (χ1) is 13.4. The molecule has 2 aromatic carbocycles. The van der Waals surface area contributed by atoms with E-state index in [0.717, 1.165) is 11.1 Å². The van der Waals surface area contributed by atoms with Gasteiger partial charge >= 0.3 is 0 Å². The number of ether oxygens (including phenoxy) is 3. The van der Waals surface area contributed by atoms with Crippen molar-refractivity contribution in [3.63, 3.8) is 0 Å². The first-order valence-corrected chi connectivity index (χ1v) is 9.30. The molecule has 0 radical (unpaired) electrons. The van der Waals surface area contributed by atoms with Crippen molar-refractivity contribution in [2.24, 2.45) is 0 Å². The fourth-order valence-electron chi connectivity index (χ4n) is 3.66. The molecule has 8 heteroatoms. The smallest absolute Gasteiger partial charge is 0.231 e. The van der Waals surface area contributed by atoms with E-state index in [4.69, 9.17) is 25.8 Å². The zero-order valence-corrected chi connectivity index (χ0v) is 15.6. The molecule has 2 aliphatic heterocycles. The van der Waals surface area contributed by atoms with Crippen molar-refractivity contribution in [2.45, 2.75) is 36.6 Å².